The van der Waals surface area contributed by atoms with E-state index in [1.54, 1.807) is 20.2 Å². The van der Waals surface area contributed by atoms with E-state index in [1.807, 2.05) is 30.3 Å². The molecule has 20 heavy (non-hydrogen) atoms. The minimum Gasteiger partial charge on any atom is -0.444 e. The maximum Gasteiger partial charge on any atom is 0.413 e. The van der Waals surface area contributed by atoms with Crippen molar-refractivity contribution in [1.29, 1.82) is 0 Å². The number of hydrogen-bond donors (Lipinski definition) is 1. The van der Waals surface area contributed by atoms with Gasteiger partial charge in [0.05, 0.1) is 0 Å². The van der Waals surface area contributed by atoms with Gasteiger partial charge in [-0.15, -0.1) is 0 Å². The molecule has 0 atom stereocenters. The van der Waals surface area contributed by atoms with Crippen LogP contribution in [0.4, 0.5) is 10.6 Å². The van der Waals surface area contributed by atoms with Crippen molar-refractivity contribution in [3.05, 3.63) is 58.1 Å². The molecule has 6 nitrogen and oxygen atoms in total. The number of carbonyl (C=O) groups is 1. The molecule has 1 aromatic carbocycles. The van der Waals surface area contributed by atoms with E-state index in [0.717, 1.165) is 5.56 Å². The predicted octanol–water partition coefficient (Wildman–Crippen LogP) is 1.84. The van der Waals surface area contributed by atoms with Crippen molar-refractivity contribution < 1.29 is 9.53 Å². The Morgan fingerprint density at radius 2 is 2.05 bits per heavy atom. The fraction of sp³-hybridized carbons (Fsp3) is 0.214. The number of amides is 1. The van der Waals surface area contributed by atoms with Gasteiger partial charge < -0.3 is 9.30 Å². The Hall–Kier alpha value is -2.63. The third kappa shape index (κ3) is 3.44. The largest absolute Gasteiger partial charge is 0.444 e. The Bertz CT molecular complexity index is 665. The van der Waals surface area contributed by atoms with Gasteiger partial charge in [0.2, 0.25) is 0 Å². The SMILES string of the molecule is Cc1cn(C)c(=O)nc1NC(=O)OCc1ccccc1. The van der Waals surface area contributed by atoms with E-state index in [0.29, 0.717) is 5.56 Å². The summed E-state index contributed by atoms with van der Waals surface area (Å²) in [5.41, 5.74) is 1.13. The lowest BCUT2D eigenvalue weighted by Crippen LogP contribution is -2.24. The van der Waals surface area contributed by atoms with Crippen LogP contribution in [0.15, 0.2) is 41.3 Å². The van der Waals surface area contributed by atoms with E-state index in [-0.39, 0.29) is 12.4 Å². The van der Waals surface area contributed by atoms with Gasteiger partial charge in [0.15, 0.2) is 0 Å². The maximum atomic E-state index is 11.7. The quantitative estimate of drug-likeness (QED) is 0.926. The minimum absolute atomic E-state index is 0.163. The summed E-state index contributed by atoms with van der Waals surface area (Å²) in [6, 6.07) is 9.33. The highest BCUT2D eigenvalue weighted by molar-refractivity contribution is 5.84. The lowest BCUT2D eigenvalue weighted by molar-refractivity contribution is 0.155. The number of rotatable bonds is 3. The first kappa shape index (κ1) is 13.8. The van der Waals surface area contributed by atoms with Crippen LogP contribution in [-0.4, -0.2) is 15.6 Å². The van der Waals surface area contributed by atoms with Gasteiger partial charge in [-0.3, -0.25) is 5.32 Å². The summed E-state index contributed by atoms with van der Waals surface area (Å²) in [6.45, 7) is 1.91. The maximum absolute atomic E-state index is 11.7. The van der Waals surface area contributed by atoms with Crippen LogP contribution in [0.3, 0.4) is 0 Å². The molecule has 6 heteroatoms. The zero-order chi connectivity index (χ0) is 14.5. The van der Waals surface area contributed by atoms with Gasteiger partial charge in [-0.1, -0.05) is 30.3 Å². The van der Waals surface area contributed by atoms with Crippen LogP contribution in [-0.2, 0) is 18.4 Å². The number of anilines is 1. The third-order valence-electron chi connectivity index (χ3n) is 2.70. The fourth-order valence-corrected chi connectivity index (χ4v) is 1.65. The van der Waals surface area contributed by atoms with Gasteiger partial charge in [-0.05, 0) is 12.5 Å². The molecule has 0 saturated heterocycles. The number of ether oxygens (including phenoxy) is 1. The minimum atomic E-state index is -0.641. The number of nitrogens with zero attached hydrogens (tertiary/aromatic N) is 2. The number of aryl methyl sites for hydroxylation is 2. The van der Waals surface area contributed by atoms with Crippen LogP contribution >= 0.6 is 0 Å². The Labute approximate surface area is 116 Å². The van der Waals surface area contributed by atoms with Crippen molar-refractivity contribution in [2.75, 3.05) is 5.32 Å². The first-order valence-electron chi connectivity index (χ1n) is 6.08. The number of nitrogens with one attached hydrogen (secondary N) is 1. The van der Waals surface area contributed by atoms with Crippen molar-refractivity contribution in [1.82, 2.24) is 9.55 Å². The van der Waals surface area contributed by atoms with Crippen LogP contribution in [0.25, 0.3) is 0 Å². The highest BCUT2D eigenvalue weighted by Crippen LogP contribution is 2.08. The Balaban J connectivity index is 1.98. The number of benzene rings is 1. The molecule has 0 aliphatic rings. The van der Waals surface area contributed by atoms with Crippen LogP contribution in [0.1, 0.15) is 11.1 Å². The molecule has 0 unspecified atom stereocenters. The van der Waals surface area contributed by atoms with E-state index in [4.69, 9.17) is 4.74 Å². The summed E-state index contributed by atoms with van der Waals surface area (Å²) >= 11 is 0. The second-order valence-corrected chi connectivity index (χ2v) is 4.35. The number of hydrogen-bond acceptors (Lipinski definition) is 4. The molecule has 2 rings (SSSR count). The lowest BCUT2D eigenvalue weighted by Gasteiger charge is -2.09. The van der Waals surface area contributed by atoms with Crippen LogP contribution in [0.2, 0.25) is 0 Å². The molecule has 0 fully saturated rings. The molecule has 0 radical (unpaired) electrons. The summed E-state index contributed by atoms with van der Waals surface area (Å²) < 4.78 is 6.40. The standard InChI is InChI=1S/C14H15N3O3/c1-10-8-17(2)13(18)15-12(10)16-14(19)20-9-11-6-4-3-5-7-11/h3-8H,9H2,1-2H3,(H,15,16,18,19). The molecule has 1 N–H and O–H groups in total. The van der Waals surface area contributed by atoms with Gasteiger partial charge >= 0.3 is 11.8 Å². The van der Waals surface area contributed by atoms with E-state index in [1.165, 1.54) is 4.57 Å². The monoisotopic (exact) mass is 273 g/mol. The van der Waals surface area contributed by atoms with E-state index in [9.17, 15) is 9.59 Å². The highest BCUT2D eigenvalue weighted by atomic mass is 16.5. The van der Waals surface area contributed by atoms with E-state index >= 15 is 0 Å². The van der Waals surface area contributed by atoms with Crippen LogP contribution < -0.4 is 11.0 Å². The molecular formula is C14H15N3O3. The molecular weight excluding hydrogens is 258 g/mol. The van der Waals surface area contributed by atoms with E-state index < -0.39 is 11.8 Å². The van der Waals surface area contributed by atoms with Gasteiger partial charge in [-0.25, -0.2) is 9.59 Å². The smallest absolute Gasteiger partial charge is 0.413 e. The fourth-order valence-electron chi connectivity index (χ4n) is 1.65. The molecule has 0 aliphatic heterocycles. The Morgan fingerprint density at radius 1 is 1.35 bits per heavy atom. The normalized spacial score (nSPS) is 10.1. The molecule has 0 bridgehead atoms. The van der Waals surface area contributed by atoms with Gasteiger partial charge in [0.1, 0.15) is 12.4 Å². The highest BCUT2D eigenvalue weighted by Gasteiger charge is 2.09. The zero-order valence-electron chi connectivity index (χ0n) is 11.3. The molecule has 1 aromatic heterocycles. The van der Waals surface area contributed by atoms with Crippen molar-refractivity contribution in [2.24, 2.45) is 7.05 Å². The average Bonchev–Trinajstić information content (AvgIpc) is 2.44. The third-order valence-corrected chi connectivity index (χ3v) is 2.70. The number of aromatic nitrogens is 2. The first-order chi connectivity index (χ1) is 9.56. The molecule has 1 amide bonds. The summed E-state index contributed by atoms with van der Waals surface area (Å²) in [6.07, 6.45) is 0.958. The van der Waals surface area contributed by atoms with Gasteiger partial charge in [0, 0.05) is 18.8 Å². The lowest BCUT2D eigenvalue weighted by atomic mass is 10.2. The molecule has 0 saturated carbocycles. The van der Waals surface area contributed by atoms with Crippen molar-refractivity contribution in [3.8, 4) is 0 Å². The molecule has 2 aromatic rings. The Morgan fingerprint density at radius 3 is 2.75 bits per heavy atom. The van der Waals surface area contributed by atoms with Crippen LogP contribution in [0.5, 0.6) is 0 Å². The molecule has 0 aliphatic carbocycles. The van der Waals surface area contributed by atoms with Crippen molar-refractivity contribution in [2.45, 2.75) is 13.5 Å². The topological polar surface area (TPSA) is 73.2 Å². The predicted molar refractivity (Wildman–Crippen MR) is 74.5 cm³/mol. The van der Waals surface area contributed by atoms with Crippen LogP contribution in [0, 0.1) is 6.92 Å². The molecule has 1 heterocycles. The average molecular weight is 273 g/mol. The van der Waals surface area contributed by atoms with Gasteiger partial charge in [0.25, 0.3) is 0 Å². The van der Waals surface area contributed by atoms with Crippen molar-refractivity contribution >= 4 is 11.9 Å². The number of carbonyl (C=O) groups excluding carboxylic acids is 1. The second-order valence-electron chi connectivity index (χ2n) is 4.35. The van der Waals surface area contributed by atoms with Crippen molar-refractivity contribution in [3.63, 3.8) is 0 Å². The second kappa shape index (κ2) is 6.01. The summed E-state index contributed by atoms with van der Waals surface area (Å²) in [4.78, 5) is 26.8. The molecule has 104 valence electrons. The summed E-state index contributed by atoms with van der Waals surface area (Å²) in [5.74, 6) is 0.214. The molecule has 0 spiro atoms. The zero-order valence-corrected chi connectivity index (χ0v) is 11.3. The Kier molecular flexibility index (Phi) is 4.14. The summed E-state index contributed by atoms with van der Waals surface area (Å²) in [7, 11) is 1.60. The van der Waals surface area contributed by atoms with Gasteiger partial charge in [-0.2, -0.15) is 4.98 Å². The first-order valence-corrected chi connectivity index (χ1v) is 6.08. The van der Waals surface area contributed by atoms with E-state index in [2.05, 4.69) is 10.3 Å². The summed E-state index contributed by atoms with van der Waals surface area (Å²) in [5, 5.41) is 2.46.